The molecule has 0 bridgehead atoms. The van der Waals surface area contributed by atoms with E-state index in [-0.39, 0.29) is 0 Å². The molecule has 0 unspecified atom stereocenters. The molecule has 0 aliphatic heterocycles. The lowest BCUT2D eigenvalue weighted by atomic mass is 10.0. The van der Waals surface area contributed by atoms with Crippen LogP contribution in [0.4, 0.5) is 0 Å². The van der Waals surface area contributed by atoms with Gasteiger partial charge < -0.3 is 8.98 Å². The summed E-state index contributed by atoms with van der Waals surface area (Å²) in [6.07, 6.45) is 0. The Balaban J connectivity index is 1.04. The van der Waals surface area contributed by atoms with Gasteiger partial charge in [0.15, 0.2) is 5.82 Å². The molecule has 0 N–H and O–H groups in total. The third-order valence-corrected chi connectivity index (χ3v) is 12.2. The molecular formula is C50H29N3OS. The fourth-order valence-electron chi connectivity index (χ4n) is 8.43. The van der Waals surface area contributed by atoms with E-state index in [1.807, 2.05) is 0 Å². The molecule has 4 aromatic heterocycles. The molecule has 12 rings (SSSR count). The Kier molecular flexibility index (Phi) is 6.47. The Hall–Kier alpha value is -7.08. The molecule has 0 amide bonds. The maximum Gasteiger partial charge on any atom is 0.160 e. The highest BCUT2D eigenvalue weighted by Gasteiger charge is 2.20. The average molecular weight is 720 g/mol. The van der Waals surface area contributed by atoms with E-state index in [0.717, 1.165) is 65.6 Å². The number of para-hydroxylation sites is 1. The zero-order valence-corrected chi connectivity index (χ0v) is 30.2. The second-order valence-corrected chi connectivity index (χ2v) is 15.2. The summed E-state index contributed by atoms with van der Waals surface area (Å²) in [4.78, 5) is 10.6. The standard InChI is InChI=1S/C50H29N3OS/c1-2-11-30(12-3-1)32-14-10-15-33(27-32)46-49-47(40-18-7-9-20-45(40)55-49)52-50(51-46)34-22-24-38-41-29-35(23-26-43(41)54-44(38)28-34)53-42-19-8-6-17-37(42)39-25-21-31-13-4-5-16-36(31)48(39)53/h1-29H. The minimum absolute atomic E-state index is 0.677. The maximum absolute atomic E-state index is 6.59. The number of aromatic nitrogens is 3. The topological polar surface area (TPSA) is 43.9 Å². The average Bonchev–Trinajstić information content (AvgIpc) is 3.93. The summed E-state index contributed by atoms with van der Waals surface area (Å²) in [5.74, 6) is 0.677. The van der Waals surface area contributed by atoms with E-state index < -0.39 is 0 Å². The molecule has 4 heterocycles. The van der Waals surface area contributed by atoms with Crippen molar-refractivity contribution < 1.29 is 4.42 Å². The first-order valence-electron chi connectivity index (χ1n) is 18.5. The molecule has 0 saturated heterocycles. The molecule has 8 aromatic carbocycles. The van der Waals surface area contributed by atoms with E-state index in [1.54, 1.807) is 11.3 Å². The van der Waals surface area contributed by atoms with Crippen LogP contribution in [0, 0.1) is 0 Å². The zero-order chi connectivity index (χ0) is 36.0. The zero-order valence-electron chi connectivity index (χ0n) is 29.4. The second kappa shape index (κ2) is 11.7. The second-order valence-electron chi connectivity index (χ2n) is 14.1. The van der Waals surface area contributed by atoms with Gasteiger partial charge in [-0.05, 0) is 65.0 Å². The SMILES string of the molecule is c1ccc(-c2cccc(-c3nc(-c4ccc5c(c4)oc4ccc(-n6c7ccccc7c7ccc8ccccc8c76)cc45)nc4c3sc3ccccc34)c2)cc1. The smallest absolute Gasteiger partial charge is 0.160 e. The number of rotatable bonds is 4. The number of fused-ring (bicyclic) bond motifs is 11. The monoisotopic (exact) mass is 719 g/mol. The predicted octanol–water partition coefficient (Wildman–Crippen LogP) is 14.0. The van der Waals surface area contributed by atoms with Gasteiger partial charge in [-0.3, -0.25) is 0 Å². The molecule has 0 saturated carbocycles. The molecule has 0 radical (unpaired) electrons. The van der Waals surface area contributed by atoms with Gasteiger partial charge >= 0.3 is 0 Å². The van der Waals surface area contributed by atoms with E-state index in [4.69, 9.17) is 14.4 Å². The third kappa shape index (κ3) is 4.64. The number of furan rings is 1. The molecule has 0 fully saturated rings. The van der Waals surface area contributed by atoms with Crippen LogP contribution < -0.4 is 0 Å². The molecule has 0 aliphatic rings. The predicted molar refractivity (Wildman–Crippen MR) is 230 cm³/mol. The van der Waals surface area contributed by atoms with Gasteiger partial charge in [0, 0.05) is 53.8 Å². The molecule has 0 spiro atoms. The summed E-state index contributed by atoms with van der Waals surface area (Å²) in [5, 5.41) is 8.22. The van der Waals surface area contributed by atoms with E-state index in [0.29, 0.717) is 5.82 Å². The minimum atomic E-state index is 0.677. The van der Waals surface area contributed by atoms with Crippen molar-refractivity contribution in [3.63, 3.8) is 0 Å². The van der Waals surface area contributed by atoms with Crippen LogP contribution in [0.5, 0.6) is 0 Å². The minimum Gasteiger partial charge on any atom is -0.456 e. The van der Waals surface area contributed by atoms with E-state index in [9.17, 15) is 0 Å². The van der Waals surface area contributed by atoms with Crippen molar-refractivity contribution in [2.45, 2.75) is 0 Å². The fraction of sp³-hybridized carbons (Fsp3) is 0. The van der Waals surface area contributed by atoms with Gasteiger partial charge in [0.25, 0.3) is 0 Å². The van der Waals surface area contributed by atoms with Crippen molar-refractivity contribution in [1.29, 1.82) is 0 Å². The van der Waals surface area contributed by atoms with E-state index in [2.05, 4.69) is 180 Å². The van der Waals surface area contributed by atoms with Crippen molar-refractivity contribution in [2.24, 2.45) is 0 Å². The third-order valence-electron chi connectivity index (χ3n) is 11.0. The number of hydrogen-bond donors (Lipinski definition) is 0. The first-order chi connectivity index (χ1) is 27.2. The largest absolute Gasteiger partial charge is 0.456 e. The first-order valence-corrected chi connectivity index (χ1v) is 19.3. The van der Waals surface area contributed by atoms with Crippen molar-refractivity contribution in [2.75, 3.05) is 0 Å². The molecule has 12 aromatic rings. The Morgan fingerprint density at radius 2 is 1.22 bits per heavy atom. The van der Waals surface area contributed by atoms with Crippen LogP contribution in [0.15, 0.2) is 180 Å². The quantitative estimate of drug-likeness (QED) is 0.182. The first kappa shape index (κ1) is 30.4. The van der Waals surface area contributed by atoms with Crippen LogP contribution in [-0.4, -0.2) is 14.5 Å². The van der Waals surface area contributed by atoms with Crippen LogP contribution in [0.25, 0.3) is 114 Å². The fourth-order valence-corrected chi connectivity index (χ4v) is 9.59. The van der Waals surface area contributed by atoms with Gasteiger partial charge in [-0.1, -0.05) is 127 Å². The summed E-state index contributed by atoms with van der Waals surface area (Å²) in [5.41, 5.74) is 11.4. The number of thiophene rings is 1. The highest BCUT2D eigenvalue weighted by Crippen LogP contribution is 2.42. The lowest BCUT2D eigenvalue weighted by Crippen LogP contribution is -1.94. The lowest BCUT2D eigenvalue weighted by molar-refractivity contribution is 0.669. The van der Waals surface area contributed by atoms with Gasteiger partial charge in [-0.25, -0.2) is 9.97 Å². The molecule has 0 aliphatic carbocycles. The summed E-state index contributed by atoms with van der Waals surface area (Å²) in [7, 11) is 0. The van der Waals surface area contributed by atoms with Gasteiger partial charge in [0.05, 0.1) is 26.9 Å². The van der Waals surface area contributed by atoms with Crippen molar-refractivity contribution in [3.8, 4) is 39.5 Å². The summed E-state index contributed by atoms with van der Waals surface area (Å²) in [6.45, 7) is 0. The molecule has 5 heteroatoms. The van der Waals surface area contributed by atoms with E-state index >= 15 is 0 Å². The lowest BCUT2D eigenvalue weighted by Gasteiger charge is -2.10. The Labute approximate surface area is 319 Å². The van der Waals surface area contributed by atoms with Gasteiger partial charge in [-0.15, -0.1) is 11.3 Å². The highest BCUT2D eigenvalue weighted by molar-refractivity contribution is 7.26. The number of benzene rings is 8. The number of nitrogens with zero attached hydrogens (tertiary/aromatic N) is 3. The summed E-state index contributed by atoms with van der Waals surface area (Å²) in [6, 6.07) is 62.5. The molecular weight excluding hydrogens is 691 g/mol. The van der Waals surface area contributed by atoms with Crippen LogP contribution in [0.1, 0.15) is 0 Å². The van der Waals surface area contributed by atoms with Crippen LogP contribution in [-0.2, 0) is 0 Å². The van der Waals surface area contributed by atoms with Gasteiger partial charge in [0.2, 0.25) is 0 Å². The van der Waals surface area contributed by atoms with Crippen molar-refractivity contribution in [1.82, 2.24) is 14.5 Å². The number of hydrogen-bond acceptors (Lipinski definition) is 4. The summed E-state index contributed by atoms with van der Waals surface area (Å²) >= 11 is 1.75. The van der Waals surface area contributed by atoms with Crippen molar-refractivity contribution in [3.05, 3.63) is 176 Å². The van der Waals surface area contributed by atoms with Gasteiger partial charge in [-0.2, -0.15) is 0 Å². The Morgan fingerprint density at radius 3 is 2.15 bits per heavy atom. The molecule has 55 heavy (non-hydrogen) atoms. The Morgan fingerprint density at radius 1 is 0.455 bits per heavy atom. The van der Waals surface area contributed by atoms with Crippen LogP contribution in [0.2, 0.25) is 0 Å². The molecule has 0 atom stereocenters. The van der Waals surface area contributed by atoms with E-state index in [1.165, 1.54) is 42.8 Å². The molecule has 256 valence electrons. The van der Waals surface area contributed by atoms with Crippen molar-refractivity contribution >= 4 is 86.2 Å². The maximum atomic E-state index is 6.59. The highest BCUT2D eigenvalue weighted by atomic mass is 32.1. The Bertz CT molecular complexity index is 3500. The van der Waals surface area contributed by atoms with Crippen LogP contribution in [0.3, 0.4) is 0 Å². The summed E-state index contributed by atoms with van der Waals surface area (Å²) < 4.78 is 11.3. The normalized spacial score (nSPS) is 12.0. The van der Waals surface area contributed by atoms with Crippen LogP contribution >= 0.6 is 11.3 Å². The van der Waals surface area contributed by atoms with Gasteiger partial charge in [0.1, 0.15) is 11.2 Å². The molecule has 4 nitrogen and oxygen atoms in total.